The molecule has 26 heavy (non-hydrogen) atoms. The molecular formula is C23H37BrN2. The highest BCUT2D eigenvalue weighted by molar-refractivity contribution is 5.13. The molecule has 0 bridgehead atoms. The van der Waals surface area contributed by atoms with Crippen LogP contribution in [0, 0.1) is 6.92 Å². The van der Waals surface area contributed by atoms with E-state index in [9.17, 15) is 0 Å². The fourth-order valence-electron chi connectivity index (χ4n) is 3.49. The highest BCUT2D eigenvalue weighted by Gasteiger charge is 2.11. The first-order valence-electron chi connectivity index (χ1n) is 10.4. The summed E-state index contributed by atoms with van der Waals surface area (Å²) in [6, 6.07) is 10.7. The van der Waals surface area contributed by atoms with Gasteiger partial charge in [-0.25, -0.2) is 9.13 Å². The molecule has 0 aliphatic heterocycles. The van der Waals surface area contributed by atoms with Crippen LogP contribution in [0.2, 0.25) is 0 Å². The summed E-state index contributed by atoms with van der Waals surface area (Å²) >= 11 is 0. The van der Waals surface area contributed by atoms with E-state index >= 15 is 0 Å². The van der Waals surface area contributed by atoms with Crippen molar-refractivity contribution < 1.29 is 21.5 Å². The maximum atomic E-state index is 2.41. The van der Waals surface area contributed by atoms with Crippen molar-refractivity contribution in [1.82, 2.24) is 4.57 Å². The van der Waals surface area contributed by atoms with Crippen LogP contribution >= 0.6 is 0 Å². The molecular weight excluding hydrogens is 384 g/mol. The zero-order chi connectivity index (χ0) is 17.7. The second-order valence-corrected chi connectivity index (χ2v) is 7.33. The highest BCUT2D eigenvalue weighted by atomic mass is 79.9. The third-order valence-electron chi connectivity index (χ3n) is 5.21. The number of benzene rings is 1. The zero-order valence-electron chi connectivity index (χ0n) is 16.8. The van der Waals surface area contributed by atoms with Gasteiger partial charge in [0.25, 0.3) is 5.82 Å². The second kappa shape index (κ2) is 14.0. The van der Waals surface area contributed by atoms with Crippen molar-refractivity contribution >= 4 is 0 Å². The molecule has 0 amide bonds. The van der Waals surface area contributed by atoms with Gasteiger partial charge in [0.15, 0.2) is 0 Å². The van der Waals surface area contributed by atoms with Crippen molar-refractivity contribution in [2.24, 2.45) is 0 Å². The van der Waals surface area contributed by atoms with Crippen molar-refractivity contribution in [3.63, 3.8) is 0 Å². The van der Waals surface area contributed by atoms with E-state index < -0.39 is 0 Å². The van der Waals surface area contributed by atoms with Crippen molar-refractivity contribution in [1.29, 1.82) is 0 Å². The summed E-state index contributed by atoms with van der Waals surface area (Å²) < 4.78 is 4.76. The van der Waals surface area contributed by atoms with Gasteiger partial charge in [0.05, 0.1) is 6.54 Å². The molecule has 1 heterocycles. The van der Waals surface area contributed by atoms with Gasteiger partial charge in [0.1, 0.15) is 18.9 Å². The van der Waals surface area contributed by atoms with Crippen molar-refractivity contribution in [2.75, 3.05) is 0 Å². The van der Waals surface area contributed by atoms with Gasteiger partial charge in [-0.3, -0.25) is 0 Å². The molecule has 0 saturated heterocycles. The number of nitrogens with zero attached hydrogens (tertiary/aromatic N) is 2. The van der Waals surface area contributed by atoms with Crippen molar-refractivity contribution in [3.8, 4) is 0 Å². The van der Waals surface area contributed by atoms with Gasteiger partial charge in [0.2, 0.25) is 0 Å². The van der Waals surface area contributed by atoms with Gasteiger partial charge in [-0.05, 0) is 18.4 Å². The Kier molecular flexibility index (Phi) is 12.4. The first-order valence-corrected chi connectivity index (χ1v) is 10.4. The Bertz CT molecular complexity index is 577. The maximum Gasteiger partial charge on any atom is 0.253 e. The second-order valence-electron chi connectivity index (χ2n) is 7.33. The molecule has 0 atom stereocenters. The summed E-state index contributed by atoms with van der Waals surface area (Å²) in [7, 11) is 0. The van der Waals surface area contributed by atoms with Crippen LogP contribution in [-0.2, 0) is 13.1 Å². The Morgan fingerprint density at radius 2 is 1.38 bits per heavy atom. The monoisotopic (exact) mass is 420 g/mol. The van der Waals surface area contributed by atoms with Crippen LogP contribution < -0.4 is 21.5 Å². The quantitative estimate of drug-likeness (QED) is 0.347. The lowest BCUT2D eigenvalue weighted by Gasteiger charge is -2.03. The van der Waals surface area contributed by atoms with E-state index in [1.165, 1.54) is 75.6 Å². The molecule has 0 radical (unpaired) electrons. The Morgan fingerprint density at radius 3 is 2.00 bits per heavy atom. The SMILES string of the molecule is CCCCCCCCCCCCn1cc[n+](Cc2ccccc2)c1C.[Br-]. The van der Waals surface area contributed by atoms with Gasteiger partial charge < -0.3 is 17.0 Å². The number of unbranched alkanes of at least 4 members (excludes halogenated alkanes) is 9. The molecule has 0 aliphatic rings. The van der Waals surface area contributed by atoms with Gasteiger partial charge in [0, 0.05) is 6.92 Å². The summed E-state index contributed by atoms with van der Waals surface area (Å²) in [5, 5.41) is 0. The summed E-state index contributed by atoms with van der Waals surface area (Å²) in [4.78, 5) is 0. The van der Waals surface area contributed by atoms with Gasteiger partial charge in [-0.2, -0.15) is 0 Å². The summed E-state index contributed by atoms with van der Waals surface area (Å²) in [6.07, 6.45) is 18.5. The van der Waals surface area contributed by atoms with Crippen molar-refractivity contribution in [2.45, 2.75) is 91.1 Å². The van der Waals surface area contributed by atoms with Crippen LogP contribution in [0.5, 0.6) is 0 Å². The van der Waals surface area contributed by atoms with E-state index in [2.05, 4.69) is 65.7 Å². The van der Waals surface area contributed by atoms with E-state index in [1.807, 2.05) is 0 Å². The minimum atomic E-state index is 0. The molecule has 0 unspecified atom stereocenters. The standard InChI is InChI=1S/C23H37N2.BrH/c1-3-4-5-6-7-8-9-10-11-15-18-24-19-20-25(22(24)2)21-23-16-13-12-14-17-23;/h12-14,16-17,19-20H,3-11,15,18,21H2,1-2H3;1H/q+1;/p-1. The molecule has 0 aliphatic carbocycles. The van der Waals surface area contributed by atoms with Gasteiger partial charge >= 0.3 is 0 Å². The molecule has 0 fully saturated rings. The maximum absolute atomic E-state index is 2.41. The average Bonchev–Trinajstić information content (AvgIpc) is 2.97. The van der Waals surface area contributed by atoms with Crippen LogP contribution in [0.4, 0.5) is 0 Å². The number of aryl methyl sites for hydroxylation is 1. The number of rotatable bonds is 13. The topological polar surface area (TPSA) is 8.81 Å². The Hall–Kier alpha value is -1.09. The molecule has 0 saturated carbocycles. The molecule has 1 aromatic heterocycles. The van der Waals surface area contributed by atoms with E-state index in [-0.39, 0.29) is 17.0 Å². The van der Waals surface area contributed by atoms with E-state index in [0.29, 0.717) is 0 Å². The Labute approximate surface area is 171 Å². The minimum Gasteiger partial charge on any atom is -1.00 e. The zero-order valence-corrected chi connectivity index (χ0v) is 18.4. The van der Waals surface area contributed by atoms with Gasteiger partial charge in [-0.1, -0.05) is 88.6 Å². The van der Waals surface area contributed by atoms with E-state index in [4.69, 9.17) is 0 Å². The first-order chi connectivity index (χ1) is 12.3. The molecule has 2 rings (SSSR count). The minimum absolute atomic E-state index is 0. The highest BCUT2D eigenvalue weighted by Crippen LogP contribution is 2.11. The summed E-state index contributed by atoms with van der Waals surface area (Å²) in [5.41, 5.74) is 1.37. The lowest BCUT2D eigenvalue weighted by atomic mass is 10.1. The normalized spacial score (nSPS) is 10.7. The summed E-state index contributed by atoms with van der Waals surface area (Å²) in [5.74, 6) is 1.36. The number of imidazole rings is 1. The van der Waals surface area contributed by atoms with Gasteiger partial charge in [-0.15, -0.1) is 0 Å². The van der Waals surface area contributed by atoms with E-state index in [0.717, 1.165) is 13.1 Å². The van der Waals surface area contributed by atoms with Crippen LogP contribution in [0.15, 0.2) is 42.7 Å². The lowest BCUT2D eigenvalue weighted by Crippen LogP contribution is -3.00. The molecule has 1 aromatic carbocycles. The molecule has 3 heteroatoms. The number of hydrogen-bond acceptors (Lipinski definition) is 0. The van der Waals surface area contributed by atoms with Crippen LogP contribution in [0.1, 0.15) is 82.5 Å². The number of halogens is 1. The van der Waals surface area contributed by atoms with Crippen LogP contribution in [0.3, 0.4) is 0 Å². The third-order valence-corrected chi connectivity index (χ3v) is 5.21. The molecule has 2 nitrogen and oxygen atoms in total. The van der Waals surface area contributed by atoms with Crippen molar-refractivity contribution in [3.05, 3.63) is 54.1 Å². The Balaban J connectivity index is 0.00000338. The Morgan fingerprint density at radius 1 is 0.808 bits per heavy atom. The molecule has 0 spiro atoms. The smallest absolute Gasteiger partial charge is 0.253 e. The molecule has 146 valence electrons. The van der Waals surface area contributed by atoms with Crippen LogP contribution in [0.25, 0.3) is 0 Å². The predicted octanol–water partition coefficient (Wildman–Crippen LogP) is 3.06. The number of aromatic nitrogens is 2. The molecule has 0 N–H and O–H groups in total. The predicted molar refractivity (Wildman–Crippen MR) is 107 cm³/mol. The fraction of sp³-hybridized carbons (Fsp3) is 0.609. The number of hydrogen-bond donors (Lipinski definition) is 0. The fourth-order valence-corrected chi connectivity index (χ4v) is 3.49. The largest absolute Gasteiger partial charge is 1.00 e. The molecule has 2 aromatic rings. The first kappa shape index (κ1) is 23.0. The van der Waals surface area contributed by atoms with Crippen LogP contribution in [-0.4, -0.2) is 4.57 Å². The lowest BCUT2D eigenvalue weighted by molar-refractivity contribution is -0.694. The summed E-state index contributed by atoms with van der Waals surface area (Å²) in [6.45, 7) is 6.65. The average molecular weight is 421 g/mol. The third kappa shape index (κ3) is 8.53. The van der Waals surface area contributed by atoms with E-state index in [1.54, 1.807) is 0 Å².